The minimum absolute atomic E-state index is 0.108. The van der Waals surface area contributed by atoms with Gasteiger partial charge in [-0.1, -0.05) is 25.7 Å². The van der Waals surface area contributed by atoms with Crippen LogP contribution in [0.15, 0.2) is 27.8 Å². The highest BCUT2D eigenvalue weighted by atomic mass is 16.5. The summed E-state index contributed by atoms with van der Waals surface area (Å²) in [5, 5.41) is 0. The van der Waals surface area contributed by atoms with Gasteiger partial charge in [-0.2, -0.15) is 0 Å². The topological polar surface area (TPSA) is 80.3 Å². The number of ether oxygens (including phenoxy) is 2. The van der Waals surface area contributed by atoms with Crippen LogP contribution in [0.2, 0.25) is 0 Å². The number of aryl methyl sites for hydroxylation is 1. The summed E-state index contributed by atoms with van der Waals surface area (Å²) in [6.07, 6.45) is 5.37. The number of terminal acetylenes is 1. The molecule has 0 amide bonds. The van der Waals surface area contributed by atoms with Gasteiger partial charge in [-0.3, -0.25) is 9.36 Å². The first-order chi connectivity index (χ1) is 14.8. The van der Waals surface area contributed by atoms with E-state index in [0.29, 0.717) is 35.1 Å². The summed E-state index contributed by atoms with van der Waals surface area (Å²) in [6, 6.07) is 5.31. The van der Waals surface area contributed by atoms with Crippen molar-refractivity contribution in [3.05, 3.63) is 50.4 Å². The van der Waals surface area contributed by atoms with Gasteiger partial charge in [-0.25, -0.2) is 14.3 Å². The van der Waals surface area contributed by atoms with Crippen LogP contribution in [-0.2, 0) is 20.1 Å². The van der Waals surface area contributed by atoms with Crippen LogP contribution < -0.4 is 20.7 Å². The highest BCUT2D eigenvalue weighted by Gasteiger charge is 2.19. The number of rotatable bonds is 5. The van der Waals surface area contributed by atoms with E-state index in [1.54, 1.807) is 44.0 Å². The van der Waals surface area contributed by atoms with Crippen LogP contribution in [0.25, 0.3) is 11.2 Å². The van der Waals surface area contributed by atoms with E-state index >= 15 is 0 Å². The summed E-state index contributed by atoms with van der Waals surface area (Å²) < 4.78 is 14.7. The Bertz CT molecular complexity index is 1360. The van der Waals surface area contributed by atoms with E-state index < -0.39 is 11.2 Å². The van der Waals surface area contributed by atoms with Crippen LogP contribution in [0.4, 0.5) is 0 Å². The monoisotopic (exact) mass is 420 g/mol. The van der Waals surface area contributed by atoms with Crippen molar-refractivity contribution >= 4 is 11.2 Å². The summed E-state index contributed by atoms with van der Waals surface area (Å²) in [5.41, 5.74) is 0.325. The molecule has 0 N–H and O–H groups in total. The van der Waals surface area contributed by atoms with Gasteiger partial charge in [0.25, 0.3) is 5.56 Å². The minimum Gasteiger partial charge on any atom is -0.493 e. The third kappa shape index (κ3) is 4.06. The number of hydrogen-bond donors (Lipinski definition) is 0. The molecule has 8 nitrogen and oxygen atoms in total. The lowest BCUT2D eigenvalue weighted by Gasteiger charge is -2.12. The Morgan fingerprint density at radius 2 is 1.81 bits per heavy atom. The average molecular weight is 420 g/mol. The average Bonchev–Trinajstić information content (AvgIpc) is 3.08. The van der Waals surface area contributed by atoms with Gasteiger partial charge in [0.15, 0.2) is 28.5 Å². The molecule has 8 heteroatoms. The first-order valence-corrected chi connectivity index (χ1v) is 9.69. The van der Waals surface area contributed by atoms with Crippen molar-refractivity contribution in [2.75, 3.05) is 14.2 Å². The number of methoxy groups -OCH3 is 2. The summed E-state index contributed by atoms with van der Waals surface area (Å²) in [7, 11) is 4.81. The van der Waals surface area contributed by atoms with Crippen molar-refractivity contribution in [2.45, 2.75) is 26.9 Å². The summed E-state index contributed by atoms with van der Waals surface area (Å²) in [5.74, 6) is 10.1. The number of fused-ring (bicyclic) bond motifs is 1. The second-order valence-electron chi connectivity index (χ2n) is 7.37. The zero-order valence-corrected chi connectivity index (χ0v) is 18.2. The lowest BCUT2D eigenvalue weighted by molar-refractivity contribution is 0.355. The van der Waals surface area contributed by atoms with Crippen molar-refractivity contribution in [1.82, 2.24) is 18.7 Å². The molecule has 2 heterocycles. The lowest BCUT2D eigenvalue weighted by Crippen LogP contribution is -2.41. The Hall–Kier alpha value is -3.91. The smallest absolute Gasteiger partial charge is 0.333 e. The minimum atomic E-state index is -0.480. The molecule has 1 aromatic carbocycles. The molecule has 0 bridgehead atoms. The summed E-state index contributed by atoms with van der Waals surface area (Å²) in [4.78, 5) is 30.3. The van der Waals surface area contributed by atoms with Gasteiger partial charge >= 0.3 is 5.69 Å². The van der Waals surface area contributed by atoms with Crippen LogP contribution in [0.1, 0.15) is 25.2 Å². The van der Waals surface area contributed by atoms with E-state index in [9.17, 15) is 9.59 Å². The number of benzene rings is 1. The van der Waals surface area contributed by atoms with Crippen molar-refractivity contribution in [2.24, 2.45) is 13.0 Å². The molecule has 0 atom stereocenters. The zero-order valence-electron chi connectivity index (χ0n) is 18.2. The molecular formula is C23H24N4O4. The van der Waals surface area contributed by atoms with Crippen molar-refractivity contribution in [3.8, 4) is 35.7 Å². The third-order valence-corrected chi connectivity index (χ3v) is 4.74. The molecule has 0 saturated heterocycles. The van der Waals surface area contributed by atoms with Crippen molar-refractivity contribution < 1.29 is 9.47 Å². The maximum Gasteiger partial charge on any atom is 0.333 e. The van der Waals surface area contributed by atoms with E-state index in [4.69, 9.17) is 15.9 Å². The molecule has 0 saturated carbocycles. The fourth-order valence-corrected chi connectivity index (χ4v) is 3.28. The van der Waals surface area contributed by atoms with Crippen LogP contribution in [-0.4, -0.2) is 32.9 Å². The van der Waals surface area contributed by atoms with E-state index in [1.807, 2.05) is 13.8 Å². The molecule has 0 aliphatic carbocycles. The molecule has 0 fully saturated rings. The van der Waals surface area contributed by atoms with E-state index in [-0.39, 0.29) is 18.0 Å². The predicted molar refractivity (Wildman–Crippen MR) is 118 cm³/mol. The first-order valence-electron chi connectivity index (χ1n) is 9.69. The highest BCUT2D eigenvalue weighted by molar-refractivity contribution is 5.72. The molecule has 0 aliphatic heterocycles. The summed E-state index contributed by atoms with van der Waals surface area (Å²) in [6.45, 7) is 4.26. The van der Waals surface area contributed by atoms with Crippen LogP contribution in [0.5, 0.6) is 11.5 Å². The van der Waals surface area contributed by atoms with Crippen LogP contribution in [0.3, 0.4) is 0 Å². The van der Waals surface area contributed by atoms with Gasteiger partial charge < -0.3 is 14.0 Å². The molecular weight excluding hydrogens is 396 g/mol. The lowest BCUT2D eigenvalue weighted by atomic mass is 10.2. The van der Waals surface area contributed by atoms with Gasteiger partial charge in [-0.05, 0) is 30.0 Å². The molecule has 160 valence electrons. The normalized spacial score (nSPS) is 10.6. The Morgan fingerprint density at radius 3 is 2.42 bits per heavy atom. The van der Waals surface area contributed by atoms with Crippen LogP contribution >= 0.6 is 0 Å². The van der Waals surface area contributed by atoms with Crippen molar-refractivity contribution in [1.29, 1.82) is 0 Å². The maximum atomic E-state index is 13.0. The van der Waals surface area contributed by atoms with Gasteiger partial charge in [0, 0.05) is 19.2 Å². The third-order valence-electron chi connectivity index (χ3n) is 4.74. The van der Waals surface area contributed by atoms with E-state index in [1.165, 1.54) is 4.57 Å². The zero-order chi connectivity index (χ0) is 22.7. The highest BCUT2D eigenvalue weighted by Crippen LogP contribution is 2.27. The molecule has 2 aromatic heterocycles. The standard InChI is InChI=1S/C23H24N4O4/c1-7-12-26-22(28)20-21(27(23(26)29)14-15(2)3)24-19(25(20)4)11-9-16-8-10-17(30-5)18(13-16)31-6/h1,8,10,13,15H,12,14H2,2-6H3. The molecule has 0 unspecified atom stereocenters. The second-order valence-corrected chi connectivity index (χ2v) is 7.37. The fraction of sp³-hybridized carbons (Fsp3) is 0.348. The number of nitrogens with zero attached hydrogens (tertiary/aromatic N) is 4. The Labute approximate surface area is 180 Å². The molecule has 0 radical (unpaired) electrons. The molecule has 0 spiro atoms. The van der Waals surface area contributed by atoms with Gasteiger partial charge in [0.1, 0.15) is 0 Å². The number of hydrogen-bond acceptors (Lipinski definition) is 5. The Kier molecular flexibility index (Phi) is 6.22. The van der Waals surface area contributed by atoms with Gasteiger partial charge in [-0.15, -0.1) is 6.42 Å². The van der Waals surface area contributed by atoms with Crippen LogP contribution in [0, 0.1) is 30.1 Å². The predicted octanol–water partition coefficient (Wildman–Crippen LogP) is 1.60. The Balaban J connectivity index is 2.21. The molecule has 31 heavy (non-hydrogen) atoms. The molecule has 3 aromatic rings. The van der Waals surface area contributed by atoms with Gasteiger partial charge in [0.05, 0.1) is 20.8 Å². The largest absolute Gasteiger partial charge is 0.493 e. The SMILES string of the molecule is C#CCn1c(=O)c2c(nc(C#Cc3ccc(OC)c(OC)c3)n2C)n(CC(C)C)c1=O. The summed E-state index contributed by atoms with van der Waals surface area (Å²) >= 11 is 0. The van der Waals surface area contributed by atoms with E-state index in [2.05, 4.69) is 22.7 Å². The molecule has 3 rings (SSSR count). The second kappa shape index (κ2) is 8.85. The van der Waals surface area contributed by atoms with Crippen molar-refractivity contribution in [3.63, 3.8) is 0 Å². The quantitative estimate of drug-likeness (QED) is 0.586. The number of aromatic nitrogens is 4. The first kappa shape index (κ1) is 21.8. The maximum absolute atomic E-state index is 13.0. The molecule has 0 aliphatic rings. The fourth-order valence-electron chi connectivity index (χ4n) is 3.28. The van der Waals surface area contributed by atoms with E-state index in [0.717, 1.165) is 4.57 Å². The Morgan fingerprint density at radius 1 is 1.10 bits per heavy atom. The number of imidazole rings is 1. The van der Waals surface area contributed by atoms with Gasteiger partial charge in [0.2, 0.25) is 0 Å².